The van der Waals surface area contributed by atoms with Gasteiger partial charge >= 0.3 is 0 Å². The van der Waals surface area contributed by atoms with Crippen LogP contribution in [0.3, 0.4) is 0 Å². The van der Waals surface area contributed by atoms with Gasteiger partial charge in [0, 0.05) is 5.41 Å². The van der Waals surface area contributed by atoms with Gasteiger partial charge in [0.2, 0.25) is 0 Å². The van der Waals surface area contributed by atoms with Gasteiger partial charge < -0.3 is 0 Å². The monoisotopic (exact) mass is 678 g/mol. The molecule has 0 nitrogen and oxygen atoms in total. The van der Waals surface area contributed by atoms with E-state index in [-0.39, 0.29) is 10.8 Å². The summed E-state index contributed by atoms with van der Waals surface area (Å²) in [7, 11) is 0. The van der Waals surface area contributed by atoms with Crippen LogP contribution in [0.25, 0.3) is 87.6 Å². The minimum Gasteiger partial charge on any atom is -0.0616 e. The molecule has 53 heavy (non-hydrogen) atoms. The van der Waals surface area contributed by atoms with Crippen LogP contribution in [0, 0.1) is 0 Å². The Labute approximate surface area is 312 Å². The highest BCUT2D eigenvalue weighted by molar-refractivity contribution is 6.19. The van der Waals surface area contributed by atoms with E-state index in [1.54, 1.807) is 0 Å². The lowest BCUT2D eigenvalue weighted by molar-refractivity contribution is 0.601. The summed E-state index contributed by atoms with van der Waals surface area (Å²) in [5.74, 6) is 0. The van der Waals surface area contributed by atoms with Crippen molar-refractivity contribution in [2.45, 2.75) is 45.4 Å². The van der Waals surface area contributed by atoms with Crippen LogP contribution in [0.15, 0.2) is 164 Å². The molecule has 0 fully saturated rings. The summed E-state index contributed by atoms with van der Waals surface area (Å²) in [6.07, 6.45) is 0. The van der Waals surface area contributed by atoms with Crippen molar-refractivity contribution in [3.8, 4) is 44.5 Å². The molecule has 254 valence electrons. The predicted molar refractivity (Wildman–Crippen MR) is 229 cm³/mol. The average molecular weight is 679 g/mol. The molecule has 10 rings (SSSR count). The van der Waals surface area contributed by atoms with Gasteiger partial charge in [-0.25, -0.2) is 0 Å². The number of benzene rings is 9. The van der Waals surface area contributed by atoms with Crippen LogP contribution < -0.4 is 0 Å². The first-order valence-electron chi connectivity index (χ1n) is 18.9. The second-order valence-electron chi connectivity index (χ2n) is 16.5. The lowest BCUT2D eigenvalue weighted by Gasteiger charge is -2.27. The van der Waals surface area contributed by atoms with Crippen molar-refractivity contribution in [2.75, 3.05) is 0 Å². The lowest BCUT2D eigenvalue weighted by atomic mass is 9.77. The van der Waals surface area contributed by atoms with Gasteiger partial charge in [-0.05, 0) is 122 Å². The van der Waals surface area contributed by atoms with Crippen molar-refractivity contribution >= 4 is 43.1 Å². The van der Waals surface area contributed by atoms with Gasteiger partial charge in [-0.2, -0.15) is 0 Å². The van der Waals surface area contributed by atoms with E-state index in [2.05, 4.69) is 198 Å². The summed E-state index contributed by atoms with van der Waals surface area (Å²) in [6.45, 7) is 11.8. The van der Waals surface area contributed by atoms with E-state index in [0.717, 1.165) is 0 Å². The molecular weight excluding hydrogens is 637 g/mol. The van der Waals surface area contributed by atoms with Gasteiger partial charge in [0.1, 0.15) is 0 Å². The zero-order valence-corrected chi connectivity index (χ0v) is 31.1. The Balaban J connectivity index is 1.10. The van der Waals surface area contributed by atoms with Gasteiger partial charge in [-0.3, -0.25) is 0 Å². The molecule has 0 saturated carbocycles. The predicted octanol–water partition coefficient (Wildman–Crippen LogP) is 14.9. The van der Waals surface area contributed by atoms with Gasteiger partial charge in [0.15, 0.2) is 0 Å². The first kappa shape index (κ1) is 31.7. The molecule has 9 aromatic rings. The minimum atomic E-state index is -0.0600. The second kappa shape index (κ2) is 11.5. The van der Waals surface area contributed by atoms with Crippen molar-refractivity contribution in [2.24, 2.45) is 0 Å². The van der Waals surface area contributed by atoms with Crippen molar-refractivity contribution in [1.29, 1.82) is 0 Å². The molecule has 0 atom stereocenters. The van der Waals surface area contributed by atoms with Crippen LogP contribution in [0.1, 0.15) is 51.3 Å². The van der Waals surface area contributed by atoms with E-state index in [9.17, 15) is 0 Å². The van der Waals surface area contributed by atoms with Crippen LogP contribution in [0.2, 0.25) is 0 Å². The lowest BCUT2D eigenvalue weighted by Crippen LogP contribution is -2.15. The zero-order valence-electron chi connectivity index (χ0n) is 31.1. The number of hydrogen-bond donors (Lipinski definition) is 0. The van der Waals surface area contributed by atoms with E-state index < -0.39 is 0 Å². The molecule has 0 N–H and O–H groups in total. The summed E-state index contributed by atoms with van der Waals surface area (Å²) in [4.78, 5) is 0. The largest absolute Gasteiger partial charge is 0.0616 e. The van der Waals surface area contributed by atoms with Crippen LogP contribution in [0.4, 0.5) is 0 Å². The van der Waals surface area contributed by atoms with E-state index in [0.29, 0.717) is 0 Å². The molecule has 1 aliphatic rings. The molecule has 0 saturated heterocycles. The fourth-order valence-electron chi connectivity index (χ4n) is 9.44. The van der Waals surface area contributed by atoms with Gasteiger partial charge in [-0.1, -0.05) is 186 Å². The molecule has 0 bridgehead atoms. The minimum absolute atomic E-state index is 0.0507. The molecule has 1 aliphatic carbocycles. The summed E-state index contributed by atoms with van der Waals surface area (Å²) in [5, 5.41) is 10.5. The van der Waals surface area contributed by atoms with E-state index in [1.807, 2.05) is 0 Å². The molecule has 0 aliphatic heterocycles. The zero-order chi connectivity index (χ0) is 36.1. The van der Waals surface area contributed by atoms with Crippen LogP contribution in [-0.2, 0) is 10.8 Å². The topological polar surface area (TPSA) is 0 Å². The third-order valence-electron chi connectivity index (χ3n) is 11.9. The summed E-state index contributed by atoms with van der Waals surface area (Å²) >= 11 is 0. The summed E-state index contributed by atoms with van der Waals surface area (Å²) in [5.41, 5.74) is 14.5. The van der Waals surface area contributed by atoms with Crippen molar-refractivity contribution in [3.05, 3.63) is 180 Å². The first-order chi connectivity index (χ1) is 25.7. The molecule has 0 spiro atoms. The molecule has 9 aromatic carbocycles. The van der Waals surface area contributed by atoms with Crippen LogP contribution >= 0.6 is 0 Å². The van der Waals surface area contributed by atoms with Crippen LogP contribution in [0.5, 0.6) is 0 Å². The maximum atomic E-state index is 2.45. The first-order valence-corrected chi connectivity index (χ1v) is 18.9. The molecular formula is C53H42. The van der Waals surface area contributed by atoms with Gasteiger partial charge in [0.25, 0.3) is 0 Å². The Bertz CT molecular complexity index is 2920. The third-order valence-corrected chi connectivity index (χ3v) is 11.9. The van der Waals surface area contributed by atoms with Crippen molar-refractivity contribution in [1.82, 2.24) is 0 Å². The van der Waals surface area contributed by atoms with Gasteiger partial charge in [-0.15, -0.1) is 0 Å². The molecule has 0 unspecified atom stereocenters. The smallest absolute Gasteiger partial charge is 0.0159 e. The van der Waals surface area contributed by atoms with E-state index in [1.165, 1.54) is 104 Å². The number of fused-ring (bicyclic) bond motifs is 8. The SMILES string of the molecule is CC(C)(C)c1c2ccccc2c(-c2cccc3ccccc23)c2ccc(-c3ccc(-c4ccc5c(c4)C(C)(C)c4ccc6ccccc6c4-5)cc3)cc12. The maximum absolute atomic E-state index is 2.45. The molecule has 0 radical (unpaired) electrons. The Morgan fingerprint density at radius 3 is 1.62 bits per heavy atom. The summed E-state index contributed by atoms with van der Waals surface area (Å²) in [6, 6.07) is 61.4. The molecule has 0 heterocycles. The third kappa shape index (κ3) is 4.82. The Hall–Kier alpha value is -5.98. The standard InChI is InChI=1S/C53H42/c1-52(2,3)51-44-19-11-10-18-42(44)49(41-20-12-15-35-13-6-8-16-39(35)41)43-28-25-37(31-46(43)51)33-21-23-34(24-22-33)38-26-29-45-48(32-38)53(4,5)47-30-27-36-14-7-9-17-40(36)50(45)47/h6-32H,1-5H3. The highest BCUT2D eigenvalue weighted by Crippen LogP contribution is 2.52. The van der Waals surface area contributed by atoms with E-state index >= 15 is 0 Å². The second-order valence-corrected chi connectivity index (χ2v) is 16.5. The van der Waals surface area contributed by atoms with Gasteiger partial charge in [0.05, 0.1) is 0 Å². The van der Waals surface area contributed by atoms with Crippen molar-refractivity contribution < 1.29 is 0 Å². The normalized spacial score (nSPS) is 13.5. The maximum Gasteiger partial charge on any atom is 0.0159 e. The van der Waals surface area contributed by atoms with Crippen LogP contribution in [-0.4, -0.2) is 0 Å². The summed E-state index contributed by atoms with van der Waals surface area (Å²) < 4.78 is 0. The molecule has 0 heteroatoms. The fraction of sp³-hybridized carbons (Fsp3) is 0.132. The number of rotatable bonds is 3. The fourth-order valence-corrected chi connectivity index (χ4v) is 9.44. The number of hydrogen-bond acceptors (Lipinski definition) is 0. The molecule has 0 amide bonds. The quantitative estimate of drug-likeness (QED) is 0.163. The Kier molecular flexibility index (Phi) is 6.89. The van der Waals surface area contributed by atoms with E-state index in [4.69, 9.17) is 0 Å². The highest BCUT2D eigenvalue weighted by Gasteiger charge is 2.36. The highest BCUT2D eigenvalue weighted by atomic mass is 14.4. The van der Waals surface area contributed by atoms with Crippen molar-refractivity contribution in [3.63, 3.8) is 0 Å². The molecule has 0 aromatic heterocycles. The Morgan fingerprint density at radius 1 is 0.358 bits per heavy atom. The average Bonchev–Trinajstić information content (AvgIpc) is 3.41. The Morgan fingerprint density at radius 2 is 0.906 bits per heavy atom.